The van der Waals surface area contributed by atoms with Crippen molar-refractivity contribution in [2.75, 3.05) is 6.54 Å². The molecule has 1 atom stereocenters. The summed E-state index contributed by atoms with van der Waals surface area (Å²) in [7, 11) is 0. The molecule has 1 heterocycles. The molecule has 0 saturated carbocycles. The summed E-state index contributed by atoms with van der Waals surface area (Å²) in [6.07, 6.45) is 1.42. The van der Waals surface area contributed by atoms with E-state index in [1.807, 2.05) is 0 Å². The summed E-state index contributed by atoms with van der Waals surface area (Å²) in [5, 5.41) is 12.6. The predicted molar refractivity (Wildman–Crippen MR) is 72.0 cm³/mol. The maximum Gasteiger partial charge on any atom is 0.255 e. The lowest BCUT2D eigenvalue weighted by Gasteiger charge is -2.21. The van der Waals surface area contributed by atoms with Crippen LogP contribution in [0.4, 0.5) is 4.39 Å². The Kier molecular flexibility index (Phi) is 4.11. The van der Waals surface area contributed by atoms with Gasteiger partial charge in [0.25, 0.3) is 5.91 Å². The molecule has 0 aliphatic rings. The zero-order chi connectivity index (χ0) is 14.8. The fourth-order valence-electron chi connectivity index (χ4n) is 1.73. The molecule has 1 aromatic heterocycles. The summed E-state index contributed by atoms with van der Waals surface area (Å²) in [5.74, 6) is -1.11. The zero-order valence-corrected chi connectivity index (χ0v) is 11.4. The van der Waals surface area contributed by atoms with E-state index in [1.54, 1.807) is 12.1 Å². The molecule has 4 nitrogen and oxygen atoms in total. The number of carbonyl (C=O) groups is 1. The summed E-state index contributed by atoms with van der Waals surface area (Å²) in [5.41, 5.74) is -1.64. The molecule has 6 heteroatoms. The largest absolute Gasteiger partial charge is 0.466 e. The van der Waals surface area contributed by atoms with Crippen molar-refractivity contribution < 1.29 is 18.7 Å². The molecule has 0 fully saturated rings. The van der Waals surface area contributed by atoms with Gasteiger partial charge in [-0.05, 0) is 31.2 Å². The van der Waals surface area contributed by atoms with Crippen LogP contribution >= 0.6 is 11.6 Å². The van der Waals surface area contributed by atoms with Crippen molar-refractivity contribution in [3.8, 4) is 0 Å². The van der Waals surface area contributed by atoms with E-state index in [0.29, 0.717) is 5.76 Å². The molecule has 2 rings (SSSR count). The standard InChI is InChI=1S/C14H13ClFNO3/c1-14(19,11-6-3-7-20-11)8-17-13(18)12-9(15)4-2-5-10(12)16/h2-7,19H,8H2,1H3,(H,17,18). The minimum absolute atomic E-state index is 0.0140. The normalized spacial score (nSPS) is 13.8. The van der Waals surface area contributed by atoms with E-state index >= 15 is 0 Å². The number of benzene rings is 1. The summed E-state index contributed by atoms with van der Waals surface area (Å²) < 4.78 is 18.7. The molecular weight excluding hydrogens is 285 g/mol. The molecular formula is C14H13ClFNO3. The van der Waals surface area contributed by atoms with Gasteiger partial charge in [-0.1, -0.05) is 17.7 Å². The molecule has 20 heavy (non-hydrogen) atoms. The lowest BCUT2D eigenvalue weighted by atomic mass is 10.0. The molecule has 2 N–H and O–H groups in total. The van der Waals surface area contributed by atoms with Gasteiger partial charge in [-0.15, -0.1) is 0 Å². The molecule has 106 valence electrons. The molecule has 2 aromatic rings. The number of amides is 1. The van der Waals surface area contributed by atoms with Gasteiger partial charge < -0.3 is 14.8 Å². The smallest absolute Gasteiger partial charge is 0.255 e. The Morgan fingerprint density at radius 1 is 1.45 bits per heavy atom. The average Bonchev–Trinajstić information content (AvgIpc) is 2.91. The van der Waals surface area contributed by atoms with Gasteiger partial charge in [-0.25, -0.2) is 4.39 Å². The first-order chi connectivity index (χ1) is 9.42. The van der Waals surface area contributed by atoms with Gasteiger partial charge in [-0.3, -0.25) is 4.79 Å². The molecule has 0 saturated heterocycles. The molecule has 0 radical (unpaired) electrons. The third kappa shape index (κ3) is 3.00. The predicted octanol–water partition coefficient (Wildman–Crippen LogP) is 2.71. The van der Waals surface area contributed by atoms with Crippen molar-refractivity contribution in [2.45, 2.75) is 12.5 Å². The van der Waals surface area contributed by atoms with E-state index in [0.717, 1.165) is 6.07 Å². The molecule has 0 spiro atoms. The second-order valence-corrected chi connectivity index (χ2v) is 4.94. The van der Waals surface area contributed by atoms with Crippen LogP contribution in [0.5, 0.6) is 0 Å². The maximum absolute atomic E-state index is 13.6. The number of halogens is 2. The topological polar surface area (TPSA) is 62.5 Å². The summed E-state index contributed by atoms with van der Waals surface area (Å²) in [6.45, 7) is 1.35. The Morgan fingerprint density at radius 3 is 2.80 bits per heavy atom. The molecule has 0 bridgehead atoms. The van der Waals surface area contributed by atoms with E-state index in [1.165, 1.54) is 25.3 Å². The highest BCUT2D eigenvalue weighted by Gasteiger charge is 2.27. The number of rotatable bonds is 4. The number of furan rings is 1. The Morgan fingerprint density at radius 2 is 2.20 bits per heavy atom. The number of carbonyl (C=O) groups excluding carboxylic acids is 1. The Hall–Kier alpha value is -1.85. The molecule has 0 aliphatic heterocycles. The lowest BCUT2D eigenvalue weighted by Crippen LogP contribution is -2.38. The molecule has 1 unspecified atom stereocenters. The number of aliphatic hydroxyl groups is 1. The first kappa shape index (κ1) is 14.6. The monoisotopic (exact) mass is 297 g/mol. The first-order valence-corrected chi connectivity index (χ1v) is 6.28. The van der Waals surface area contributed by atoms with Gasteiger partial charge in [-0.2, -0.15) is 0 Å². The number of hydrogen-bond acceptors (Lipinski definition) is 3. The summed E-state index contributed by atoms with van der Waals surface area (Å²) in [4.78, 5) is 11.9. The summed E-state index contributed by atoms with van der Waals surface area (Å²) in [6, 6.07) is 7.19. The van der Waals surface area contributed by atoms with Gasteiger partial charge in [0.1, 0.15) is 17.2 Å². The SMILES string of the molecule is CC(O)(CNC(=O)c1c(F)cccc1Cl)c1ccco1. The Bertz CT molecular complexity index is 591. The van der Waals surface area contributed by atoms with E-state index < -0.39 is 17.3 Å². The number of nitrogens with one attached hydrogen (secondary N) is 1. The third-order valence-electron chi connectivity index (χ3n) is 2.83. The van der Waals surface area contributed by atoms with Crippen molar-refractivity contribution in [1.82, 2.24) is 5.32 Å². The van der Waals surface area contributed by atoms with Crippen LogP contribution in [-0.2, 0) is 5.60 Å². The first-order valence-electron chi connectivity index (χ1n) is 5.90. The fraction of sp³-hybridized carbons (Fsp3) is 0.214. The highest BCUT2D eigenvalue weighted by molar-refractivity contribution is 6.33. The third-order valence-corrected chi connectivity index (χ3v) is 3.15. The van der Waals surface area contributed by atoms with Crippen molar-refractivity contribution >= 4 is 17.5 Å². The number of hydrogen-bond donors (Lipinski definition) is 2. The van der Waals surface area contributed by atoms with Gasteiger partial charge >= 0.3 is 0 Å². The van der Waals surface area contributed by atoms with Crippen LogP contribution in [0.2, 0.25) is 5.02 Å². The van der Waals surface area contributed by atoms with Crippen LogP contribution in [0.25, 0.3) is 0 Å². The highest BCUT2D eigenvalue weighted by Crippen LogP contribution is 2.21. The second kappa shape index (κ2) is 5.64. The van der Waals surface area contributed by atoms with Crippen LogP contribution in [0.15, 0.2) is 41.0 Å². The van der Waals surface area contributed by atoms with Crippen LogP contribution in [0, 0.1) is 5.82 Å². The molecule has 0 aliphatic carbocycles. The van der Waals surface area contributed by atoms with Crippen LogP contribution in [-0.4, -0.2) is 17.6 Å². The second-order valence-electron chi connectivity index (χ2n) is 4.53. The van der Waals surface area contributed by atoms with Crippen LogP contribution in [0.3, 0.4) is 0 Å². The van der Waals surface area contributed by atoms with Gasteiger partial charge in [0.05, 0.1) is 23.4 Å². The minimum Gasteiger partial charge on any atom is -0.466 e. The van der Waals surface area contributed by atoms with Crippen LogP contribution in [0.1, 0.15) is 23.0 Å². The van der Waals surface area contributed by atoms with Crippen molar-refractivity contribution in [3.05, 3.63) is 58.8 Å². The molecule has 1 amide bonds. The lowest BCUT2D eigenvalue weighted by molar-refractivity contribution is 0.0329. The van der Waals surface area contributed by atoms with Gasteiger partial charge in [0.15, 0.2) is 0 Å². The quantitative estimate of drug-likeness (QED) is 0.912. The fourth-order valence-corrected chi connectivity index (χ4v) is 1.98. The van der Waals surface area contributed by atoms with Gasteiger partial charge in [0.2, 0.25) is 0 Å². The van der Waals surface area contributed by atoms with E-state index in [2.05, 4.69) is 5.32 Å². The van der Waals surface area contributed by atoms with E-state index in [4.69, 9.17) is 16.0 Å². The van der Waals surface area contributed by atoms with Gasteiger partial charge in [0, 0.05) is 0 Å². The highest BCUT2D eigenvalue weighted by atomic mass is 35.5. The minimum atomic E-state index is -1.39. The van der Waals surface area contributed by atoms with Crippen molar-refractivity contribution in [1.29, 1.82) is 0 Å². The van der Waals surface area contributed by atoms with E-state index in [9.17, 15) is 14.3 Å². The van der Waals surface area contributed by atoms with E-state index in [-0.39, 0.29) is 17.1 Å². The Labute approximate surface area is 120 Å². The van der Waals surface area contributed by atoms with Crippen molar-refractivity contribution in [3.63, 3.8) is 0 Å². The van der Waals surface area contributed by atoms with Crippen LogP contribution < -0.4 is 5.32 Å². The average molecular weight is 298 g/mol. The van der Waals surface area contributed by atoms with Crippen molar-refractivity contribution in [2.24, 2.45) is 0 Å². The Balaban J connectivity index is 2.10. The zero-order valence-electron chi connectivity index (χ0n) is 10.7. The molecule has 1 aromatic carbocycles. The summed E-state index contributed by atoms with van der Waals surface area (Å²) >= 11 is 5.79. The maximum atomic E-state index is 13.6.